The maximum Gasteiger partial charge on any atom is 0.187 e. The summed E-state index contributed by atoms with van der Waals surface area (Å²) in [5, 5.41) is 0.437. The van der Waals surface area contributed by atoms with Gasteiger partial charge in [-0.25, -0.2) is 17.8 Å². The molecule has 0 bridgehead atoms. The van der Waals surface area contributed by atoms with Crippen molar-refractivity contribution in [1.29, 1.82) is 0 Å². The van der Waals surface area contributed by atoms with E-state index in [0.29, 0.717) is 5.01 Å². The van der Waals surface area contributed by atoms with Crippen molar-refractivity contribution in [2.45, 2.75) is 10.6 Å². The first-order chi connectivity index (χ1) is 9.95. The summed E-state index contributed by atoms with van der Waals surface area (Å²) in [4.78, 5) is 3.91. The molecule has 0 aliphatic heterocycles. The Morgan fingerprint density at radius 1 is 1.19 bits per heavy atom. The molecule has 0 atom stereocenters. The van der Waals surface area contributed by atoms with Gasteiger partial charge in [0.2, 0.25) is 0 Å². The molecule has 108 valence electrons. The normalized spacial score (nSPS) is 11.9. The van der Waals surface area contributed by atoms with E-state index in [9.17, 15) is 12.8 Å². The number of thiazole rings is 1. The molecule has 0 spiro atoms. The summed E-state index contributed by atoms with van der Waals surface area (Å²) >= 11 is 1.29. The number of para-hydroxylation sites is 1. The lowest BCUT2D eigenvalue weighted by Crippen LogP contribution is -2.07. The predicted octanol–water partition coefficient (Wildman–Crippen LogP) is 2.99. The third kappa shape index (κ3) is 2.74. The number of nitrogens with two attached hydrogens (primary N) is 1. The average molecular weight is 322 g/mol. The molecule has 2 N–H and O–H groups in total. The van der Waals surface area contributed by atoms with Crippen LogP contribution in [0.3, 0.4) is 0 Å². The highest BCUT2D eigenvalue weighted by Gasteiger charge is 2.21. The summed E-state index contributed by atoms with van der Waals surface area (Å²) in [5.41, 5.74) is 6.36. The van der Waals surface area contributed by atoms with Gasteiger partial charge in [-0.15, -0.1) is 11.3 Å². The molecule has 7 heteroatoms. The van der Waals surface area contributed by atoms with Crippen molar-refractivity contribution in [2.24, 2.45) is 0 Å². The van der Waals surface area contributed by atoms with Crippen LogP contribution in [0.25, 0.3) is 10.2 Å². The Hall–Kier alpha value is -1.99. The molecule has 0 amide bonds. The quantitative estimate of drug-likeness (QED) is 0.752. The van der Waals surface area contributed by atoms with Gasteiger partial charge < -0.3 is 5.73 Å². The fraction of sp³-hybridized carbons (Fsp3) is 0.0714. The maximum atomic E-state index is 13.8. The van der Waals surface area contributed by atoms with Gasteiger partial charge in [-0.05, 0) is 30.3 Å². The molecule has 0 aliphatic rings. The molecule has 2 aromatic carbocycles. The van der Waals surface area contributed by atoms with Crippen molar-refractivity contribution in [3.05, 3.63) is 53.3 Å². The standard InChI is InChI=1S/C14H11FN2O2S2/c15-10-7-9(16)5-6-13(10)21(18,19)8-14-17-11-3-1-2-4-12(11)20-14/h1-7H,8,16H2. The molecule has 0 radical (unpaired) electrons. The number of rotatable bonds is 3. The highest BCUT2D eigenvalue weighted by molar-refractivity contribution is 7.90. The van der Waals surface area contributed by atoms with Crippen molar-refractivity contribution in [3.8, 4) is 0 Å². The minimum atomic E-state index is -3.79. The van der Waals surface area contributed by atoms with Crippen molar-refractivity contribution in [2.75, 3.05) is 5.73 Å². The summed E-state index contributed by atoms with van der Waals surface area (Å²) in [7, 11) is -3.79. The summed E-state index contributed by atoms with van der Waals surface area (Å²) in [6.07, 6.45) is 0. The number of fused-ring (bicyclic) bond motifs is 1. The van der Waals surface area contributed by atoms with E-state index in [1.54, 1.807) is 0 Å². The van der Waals surface area contributed by atoms with Gasteiger partial charge >= 0.3 is 0 Å². The van der Waals surface area contributed by atoms with Crippen molar-refractivity contribution >= 4 is 37.1 Å². The number of nitrogens with zero attached hydrogens (tertiary/aromatic N) is 1. The van der Waals surface area contributed by atoms with Crippen molar-refractivity contribution < 1.29 is 12.8 Å². The SMILES string of the molecule is Nc1ccc(S(=O)(=O)Cc2nc3ccccc3s2)c(F)c1. The lowest BCUT2D eigenvalue weighted by Gasteiger charge is -2.04. The smallest absolute Gasteiger partial charge is 0.187 e. The van der Waals surface area contributed by atoms with Crippen LogP contribution in [-0.4, -0.2) is 13.4 Å². The third-order valence-corrected chi connectivity index (χ3v) is 5.82. The van der Waals surface area contributed by atoms with Gasteiger partial charge in [0.15, 0.2) is 9.84 Å². The monoisotopic (exact) mass is 322 g/mol. The van der Waals surface area contributed by atoms with E-state index in [-0.39, 0.29) is 16.3 Å². The predicted molar refractivity (Wildman–Crippen MR) is 81.3 cm³/mol. The van der Waals surface area contributed by atoms with E-state index in [0.717, 1.165) is 16.3 Å². The van der Waals surface area contributed by atoms with Crippen LogP contribution in [0.1, 0.15) is 5.01 Å². The van der Waals surface area contributed by atoms with E-state index in [2.05, 4.69) is 4.98 Å². The largest absolute Gasteiger partial charge is 0.399 e. The molecular weight excluding hydrogens is 311 g/mol. The summed E-state index contributed by atoms with van der Waals surface area (Å²) in [6.45, 7) is 0. The Morgan fingerprint density at radius 3 is 2.67 bits per heavy atom. The number of nitrogen functional groups attached to an aromatic ring is 1. The van der Waals surface area contributed by atoms with Gasteiger partial charge in [-0.3, -0.25) is 0 Å². The van der Waals surface area contributed by atoms with Crippen molar-refractivity contribution in [3.63, 3.8) is 0 Å². The Morgan fingerprint density at radius 2 is 1.95 bits per heavy atom. The van der Waals surface area contributed by atoms with E-state index >= 15 is 0 Å². The highest BCUT2D eigenvalue weighted by Crippen LogP contribution is 2.26. The Labute approximate surface area is 125 Å². The lowest BCUT2D eigenvalue weighted by molar-refractivity contribution is 0.567. The first-order valence-corrected chi connectivity index (χ1v) is 8.55. The second-order valence-corrected chi connectivity index (χ2v) is 7.60. The maximum absolute atomic E-state index is 13.8. The molecule has 0 fully saturated rings. The van der Waals surface area contributed by atoms with Crippen molar-refractivity contribution in [1.82, 2.24) is 4.98 Å². The fourth-order valence-corrected chi connectivity index (χ4v) is 4.63. The van der Waals surface area contributed by atoms with Crippen LogP contribution in [0, 0.1) is 5.82 Å². The molecule has 21 heavy (non-hydrogen) atoms. The molecule has 1 aromatic heterocycles. The zero-order chi connectivity index (χ0) is 15.0. The Balaban J connectivity index is 1.99. The molecular formula is C14H11FN2O2S2. The van der Waals surface area contributed by atoms with Gasteiger partial charge in [0.25, 0.3) is 0 Å². The van der Waals surface area contributed by atoms with Crippen LogP contribution in [0.15, 0.2) is 47.4 Å². The van der Waals surface area contributed by atoms with Crippen LogP contribution >= 0.6 is 11.3 Å². The first kappa shape index (κ1) is 14.0. The first-order valence-electron chi connectivity index (χ1n) is 6.08. The second-order valence-electron chi connectivity index (χ2n) is 4.52. The zero-order valence-electron chi connectivity index (χ0n) is 10.8. The molecule has 0 aliphatic carbocycles. The van der Waals surface area contributed by atoms with E-state index in [1.165, 1.54) is 23.5 Å². The van der Waals surface area contributed by atoms with Gasteiger partial charge in [0.05, 0.1) is 10.2 Å². The van der Waals surface area contributed by atoms with Crippen LogP contribution < -0.4 is 5.73 Å². The molecule has 4 nitrogen and oxygen atoms in total. The molecule has 3 rings (SSSR count). The average Bonchev–Trinajstić information content (AvgIpc) is 2.79. The van der Waals surface area contributed by atoms with Crippen LogP contribution in [0.5, 0.6) is 0 Å². The Kier molecular flexibility index (Phi) is 3.38. The molecule has 0 saturated heterocycles. The molecule has 0 saturated carbocycles. The number of sulfone groups is 1. The number of aromatic nitrogens is 1. The number of benzene rings is 2. The number of hydrogen-bond acceptors (Lipinski definition) is 5. The number of anilines is 1. The Bertz CT molecular complexity index is 887. The van der Waals surface area contributed by atoms with Gasteiger partial charge in [-0.2, -0.15) is 0 Å². The molecule has 1 heterocycles. The zero-order valence-corrected chi connectivity index (χ0v) is 12.4. The summed E-state index contributed by atoms with van der Waals surface area (Å²) < 4.78 is 39.3. The third-order valence-electron chi connectivity index (χ3n) is 2.94. The van der Waals surface area contributed by atoms with Gasteiger partial charge in [0.1, 0.15) is 21.5 Å². The number of halogens is 1. The van der Waals surface area contributed by atoms with Gasteiger partial charge in [-0.1, -0.05) is 12.1 Å². The van der Waals surface area contributed by atoms with E-state index in [1.807, 2.05) is 24.3 Å². The van der Waals surface area contributed by atoms with Crippen LogP contribution in [-0.2, 0) is 15.6 Å². The number of hydrogen-bond donors (Lipinski definition) is 1. The van der Waals surface area contributed by atoms with Gasteiger partial charge in [0, 0.05) is 5.69 Å². The van der Waals surface area contributed by atoms with Crippen LogP contribution in [0.2, 0.25) is 0 Å². The fourth-order valence-electron chi connectivity index (χ4n) is 1.99. The lowest BCUT2D eigenvalue weighted by atomic mass is 10.3. The summed E-state index contributed by atoms with van der Waals surface area (Å²) in [6, 6.07) is 10.9. The molecule has 0 unspecified atom stereocenters. The molecule has 3 aromatic rings. The minimum absolute atomic E-state index is 0.187. The van der Waals surface area contributed by atoms with E-state index < -0.39 is 15.7 Å². The second kappa shape index (κ2) is 5.09. The topological polar surface area (TPSA) is 73.1 Å². The highest BCUT2D eigenvalue weighted by atomic mass is 32.2. The van der Waals surface area contributed by atoms with Crippen LogP contribution in [0.4, 0.5) is 10.1 Å². The van der Waals surface area contributed by atoms with E-state index in [4.69, 9.17) is 5.73 Å². The summed E-state index contributed by atoms with van der Waals surface area (Å²) in [5.74, 6) is -1.16. The minimum Gasteiger partial charge on any atom is -0.399 e.